The number of phenolic OH excluding ortho intramolecular Hbond substituents is 1. The highest BCUT2D eigenvalue weighted by molar-refractivity contribution is 7.07. The molecule has 4 aromatic rings. The van der Waals surface area contributed by atoms with Crippen molar-refractivity contribution in [3.8, 4) is 17.2 Å². The van der Waals surface area contributed by atoms with Crippen molar-refractivity contribution in [2.45, 2.75) is 13.0 Å². The lowest BCUT2D eigenvalue weighted by molar-refractivity contribution is -0.138. The molecule has 0 aliphatic carbocycles. The largest absolute Gasteiger partial charge is 0.507 e. The molecule has 1 unspecified atom stereocenters. The first-order valence-corrected chi connectivity index (χ1v) is 12.8. The number of carbonyl (C=O) groups is 1. The summed E-state index contributed by atoms with van der Waals surface area (Å²) >= 11 is 1.19. The minimum atomic E-state index is -0.832. The molecule has 3 aromatic carbocycles. The lowest BCUT2D eigenvalue weighted by atomic mass is 9.93. The number of carbonyl (C=O) groups excluding carboxylic acids is 1. The van der Waals surface area contributed by atoms with Crippen LogP contribution < -0.4 is 24.4 Å². The Morgan fingerprint density at radius 3 is 2.66 bits per heavy atom. The quantitative estimate of drug-likeness (QED) is 0.401. The SMILES string of the molecule is CCOC(=O)C1=C(c2ccccc2)N=c2s/c(=C/c3ccccc3O)c(=O)n2C1c1ccc2c(c1)OCO2. The molecule has 0 saturated heterocycles. The van der Waals surface area contributed by atoms with Crippen molar-refractivity contribution in [1.29, 1.82) is 0 Å². The van der Waals surface area contributed by atoms with Gasteiger partial charge in [0.05, 0.1) is 28.5 Å². The number of benzene rings is 3. The Morgan fingerprint density at radius 1 is 1.11 bits per heavy atom. The number of thiazole rings is 1. The monoisotopic (exact) mass is 526 g/mol. The first-order valence-electron chi connectivity index (χ1n) is 12.0. The van der Waals surface area contributed by atoms with Crippen LogP contribution in [0.1, 0.15) is 29.7 Å². The summed E-state index contributed by atoms with van der Waals surface area (Å²) in [6, 6.07) is 20.6. The molecule has 0 saturated carbocycles. The van der Waals surface area contributed by atoms with Gasteiger partial charge < -0.3 is 19.3 Å². The molecule has 1 atom stereocenters. The maximum atomic E-state index is 13.9. The van der Waals surface area contributed by atoms with Crippen LogP contribution in [0.15, 0.2) is 88.2 Å². The van der Waals surface area contributed by atoms with Crippen LogP contribution in [0, 0.1) is 0 Å². The summed E-state index contributed by atoms with van der Waals surface area (Å²) in [5, 5.41) is 10.3. The fraction of sp³-hybridized carbons (Fsp3) is 0.138. The molecule has 190 valence electrons. The van der Waals surface area contributed by atoms with Gasteiger partial charge in [0, 0.05) is 11.1 Å². The Kier molecular flexibility index (Phi) is 6.05. The molecule has 3 heterocycles. The average molecular weight is 527 g/mol. The minimum absolute atomic E-state index is 0.0582. The van der Waals surface area contributed by atoms with E-state index in [1.54, 1.807) is 49.4 Å². The Hall–Kier alpha value is -4.63. The van der Waals surface area contributed by atoms with Crippen molar-refractivity contribution >= 4 is 29.1 Å². The molecule has 6 rings (SSSR count). The maximum absolute atomic E-state index is 13.9. The lowest BCUT2D eigenvalue weighted by Gasteiger charge is -2.26. The molecule has 1 N–H and O–H groups in total. The zero-order valence-electron chi connectivity index (χ0n) is 20.3. The second-order valence-corrected chi connectivity index (χ2v) is 9.61. The highest BCUT2D eigenvalue weighted by Crippen LogP contribution is 2.40. The zero-order chi connectivity index (χ0) is 26.2. The van der Waals surface area contributed by atoms with Crippen molar-refractivity contribution in [3.63, 3.8) is 0 Å². The first-order chi connectivity index (χ1) is 18.5. The first kappa shape index (κ1) is 23.7. The van der Waals surface area contributed by atoms with Gasteiger partial charge in [-0.05, 0) is 36.8 Å². The van der Waals surface area contributed by atoms with E-state index in [0.717, 1.165) is 5.56 Å². The van der Waals surface area contributed by atoms with Gasteiger partial charge in [-0.3, -0.25) is 9.36 Å². The van der Waals surface area contributed by atoms with Gasteiger partial charge in [0.2, 0.25) is 6.79 Å². The van der Waals surface area contributed by atoms with Gasteiger partial charge in [0.1, 0.15) is 5.75 Å². The van der Waals surface area contributed by atoms with Crippen molar-refractivity contribution in [3.05, 3.63) is 115 Å². The van der Waals surface area contributed by atoms with Crippen LogP contribution in [0.4, 0.5) is 0 Å². The van der Waals surface area contributed by atoms with E-state index in [-0.39, 0.29) is 30.3 Å². The van der Waals surface area contributed by atoms with E-state index in [4.69, 9.17) is 19.2 Å². The third-order valence-electron chi connectivity index (χ3n) is 6.31. The number of nitrogens with zero attached hydrogens (tertiary/aromatic N) is 2. The van der Waals surface area contributed by atoms with Crippen LogP contribution in [0.3, 0.4) is 0 Å². The van der Waals surface area contributed by atoms with E-state index in [1.807, 2.05) is 36.4 Å². The fourth-order valence-corrected chi connectivity index (χ4v) is 5.58. The van der Waals surface area contributed by atoms with E-state index >= 15 is 0 Å². The molecule has 0 radical (unpaired) electrons. The molecule has 0 spiro atoms. The van der Waals surface area contributed by atoms with Gasteiger partial charge in [-0.1, -0.05) is 65.9 Å². The normalized spacial score (nSPS) is 16.2. The Labute approximate surface area is 221 Å². The van der Waals surface area contributed by atoms with Gasteiger partial charge in [0.15, 0.2) is 16.3 Å². The molecular weight excluding hydrogens is 504 g/mol. The smallest absolute Gasteiger partial charge is 0.338 e. The number of phenols is 1. The van der Waals surface area contributed by atoms with E-state index in [2.05, 4.69) is 0 Å². The standard InChI is InChI=1S/C29H22N2O6S/c1-2-35-28(34)24-25(17-8-4-3-5-9-17)30-29-31(26(24)19-12-13-21-22(14-19)37-16-36-21)27(33)23(38-29)15-18-10-6-7-11-20(18)32/h3-15,26,32H,2,16H2,1H3/b23-15+. The number of hydrogen-bond donors (Lipinski definition) is 1. The number of aromatic hydroxyl groups is 1. The Balaban J connectivity index is 1.66. The molecular formula is C29H22N2O6S. The highest BCUT2D eigenvalue weighted by Gasteiger charge is 2.36. The predicted octanol–water partition coefficient (Wildman–Crippen LogP) is 3.37. The number of aromatic nitrogens is 1. The van der Waals surface area contributed by atoms with Crippen LogP contribution in [-0.4, -0.2) is 29.0 Å². The van der Waals surface area contributed by atoms with E-state index in [0.29, 0.717) is 37.7 Å². The molecule has 1 aromatic heterocycles. The van der Waals surface area contributed by atoms with E-state index in [1.165, 1.54) is 15.9 Å². The highest BCUT2D eigenvalue weighted by atomic mass is 32.1. The summed E-state index contributed by atoms with van der Waals surface area (Å²) in [6.45, 7) is 1.99. The number of ether oxygens (including phenoxy) is 3. The van der Waals surface area contributed by atoms with E-state index < -0.39 is 12.0 Å². The fourth-order valence-electron chi connectivity index (χ4n) is 4.59. The van der Waals surface area contributed by atoms with Crippen LogP contribution in [0.25, 0.3) is 11.8 Å². The van der Waals surface area contributed by atoms with Gasteiger partial charge in [-0.25, -0.2) is 9.79 Å². The van der Waals surface area contributed by atoms with Crippen LogP contribution in [0.2, 0.25) is 0 Å². The number of rotatable bonds is 5. The number of para-hydroxylation sites is 1. The minimum Gasteiger partial charge on any atom is -0.507 e. The molecule has 2 aliphatic rings. The Bertz CT molecular complexity index is 1770. The summed E-state index contributed by atoms with van der Waals surface area (Å²) in [4.78, 5) is 32.6. The third-order valence-corrected chi connectivity index (χ3v) is 7.29. The topological polar surface area (TPSA) is 99.4 Å². The van der Waals surface area contributed by atoms with E-state index in [9.17, 15) is 14.7 Å². The Morgan fingerprint density at radius 2 is 1.87 bits per heavy atom. The number of fused-ring (bicyclic) bond motifs is 2. The third kappa shape index (κ3) is 4.06. The summed E-state index contributed by atoms with van der Waals surface area (Å²) in [5.74, 6) is 0.613. The predicted molar refractivity (Wildman–Crippen MR) is 142 cm³/mol. The van der Waals surface area contributed by atoms with Gasteiger partial charge >= 0.3 is 5.97 Å². The summed E-state index contributed by atoms with van der Waals surface area (Å²) < 4.78 is 18.4. The summed E-state index contributed by atoms with van der Waals surface area (Å²) in [7, 11) is 0. The molecule has 8 nitrogen and oxygen atoms in total. The molecule has 2 aliphatic heterocycles. The average Bonchev–Trinajstić information content (AvgIpc) is 3.53. The van der Waals surface area contributed by atoms with Crippen LogP contribution in [0.5, 0.6) is 17.2 Å². The second kappa shape index (κ2) is 9.68. The summed E-state index contributed by atoms with van der Waals surface area (Å²) in [5.41, 5.74) is 2.22. The molecule has 9 heteroatoms. The van der Waals surface area contributed by atoms with Gasteiger partial charge in [-0.2, -0.15) is 0 Å². The van der Waals surface area contributed by atoms with Crippen molar-refractivity contribution in [1.82, 2.24) is 4.57 Å². The number of esters is 1. The van der Waals surface area contributed by atoms with Crippen LogP contribution >= 0.6 is 11.3 Å². The molecule has 0 amide bonds. The van der Waals surface area contributed by atoms with Gasteiger partial charge in [-0.15, -0.1) is 0 Å². The van der Waals surface area contributed by atoms with Crippen molar-refractivity contribution in [2.24, 2.45) is 4.99 Å². The number of hydrogen-bond acceptors (Lipinski definition) is 8. The molecule has 0 bridgehead atoms. The molecule has 38 heavy (non-hydrogen) atoms. The lowest BCUT2D eigenvalue weighted by Crippen LogP contribution is -2.40. The zero-order valence-corrected chi connectivity index (χ0v) is 21.1. The summed E-state index contributed by atoms with van der Waals surface area (Å²) in [6.07, 6.45) is 1.63. The van der Waals surface area contributed by atoms with Crippen LogP contribution in [-0.2, 0) is 9.53 Å². The second-order valence-electron chi connectivity index (χ2n) is 8.60. The van der Waals surface area contributed by atoms with Gasteiger partial charge in [0.25, 0.3) is 5.56 Å². The van der Waals surface area contributed by atoms with Crippen molar-refractivity contribution in [2.75, 3.05) is 13.4 Å². The van der Waals surface area contributed by atoms with Crippen molar-refractivity contribution < 1.29 is 24.1 Å². The maximum Gasteiger partial charge on any atom is 0.338 e. The molecule has 0 fully saturated rings.